The maximum absolute atomic E-state index is 13.5. The van der Waals surface area contributed by atoms with Crippen molar-refractivity contribution in [3.8, 4) is 17.1 Å². The molecule has 0 saturated heterocycles. The number of fused-ring (bicyclic) bond motifs is 1. The zero-order valence-corrected chi connectivity index (χ0v) is 21.1. The first-order valence-electron chi connectivity index (χ1n) is 11.7. The molecule has 1 aliphatic rings. The molecule has 1 saturated carbocycles. The second-order valence-corrected chi connectivity index (χ2v) is 11.2. The predicted molar refractivity (Wildman–Crippen MR) is 132 cm³/mol. The highest BCUT2D eigenvalue weighted by molar-refractivity contribution is 7.92. The third-order valence-electron chi connectivity index (χ3n) is 5.99. The van der Waals surface area contributed by atoms with Crippen LogP contribution in [-0.4, -0.2) is 40.9 Å². The summed E-state index contributed by atoms with van der Waals surface area (Å²) in [5.41, 5.74) is 1.47. The molecule has 1 amide bonds. The van der Waals surface area contributed by atoms with E-state index in [1.807, 2.05) is 0 Å². The number of pyridine rings is 1. The van der Waals surface area contributed by atoms with Gasteiger partial charge in [0, 0.05) is 5.56 Å². The molecule has 0 aliphatic heterocycles. The van der Waals surface area contributed by atoms with Gasteiger partial charge in [0.2, 0.25) is 0 Å². The summed E-state index contributed by atoms with van der Waals surface area (Å²) in [7, 11) is -3.94. The van der Waals surface area contributed by atoms with Crippen LogP contribution in [0.15, 0.2) is 65.7 Å². The number of hydrogen-bond acceptors (Lipinski definition) is 7. The van der Waals surface area contributed by atoms with Crippen LogP contribution in [0.2, 0.25) is 0 Å². The van der Waals surface area contributed by atoms with Crippen molar-refractivity contribution in [2.75, 3.05) is 0 Å². The molecule has 4 aromatic rings. The Hall–Kier alpha value is -4.13. The number of rotatable bonds is 7. The molecule has 1 aliphatic carbocycles. The standard InChI is InChI=1S/C26H20F4N4O4S/c1-14(23-24(22-9-6-16(27)13-31-22)34-21-5-3-2-4-20(21)33-23)32-25(35)15-10-17(38-26(28,29)30)12-19(11-15)39(36,37)18-7-8-18/h2-6,9-14,18H,7-8H2,1H3,(H,32,35)/t14-/m0/s1. The number of halogens is 4. The van der Waals surface area contributed by atoms with Crippen LogP contribution in [0.25, 0.3) is 22.4 Å². The number of alkyl halides is 3. The fourth-order valence-corrected chi connectivity index (χ4v) is 5.71. The van der Waals surface area contributed by atoms with E-state index in [0.29, 0.717) is 23.9 Å². The van der Waals surface area contributed by atoms with E-state index in [4.69, 9.17) is 0 Å². The summed E-state index contributed by atoms with van der Waals surface area (Å²) in [6, 6.07) is 11.2. The lowest BCUT2D eigenvalue weighted by molar-refractivity contribution is -0.274. The van der Waals surface area contributed by atoms with E-state index in [1.165, 1.54) is 12.1 Å². The molecule has 5 rings (SSSR count). The zero-order valence-electron chi connectivity index (χ0n) is 20.2. The quantitative estimate of drug-likeness (QED) is 0.311. The van der Waals surface area contributed by atoms with Crippen molar-refractivity contribution in [2.24, 2.45) is 0 Å². The molecule has 1 atom stereocenters. The second-order valence-electron chi connectivity index (χ2n) is 8.99. The Bertz CT molecular complexity index is 1670. The van der Waals surface area contributed by atoms with Crippen LogP contribution in [0.1, 0.15) is 41.9 Å². The van der Waals surface area contributed by atoms with Gasteiger partial charge in [-0.25, -0.2) is 22.8 Å². The molecule has 2 aromatic carbocycles. The van der Waals surface area contributed by atoms with Crippen molar-refractivity contribution in [3.05, 3.63) is 77.9 Å². The number of carbonyl (C=O) groups excluding carboxylic acids is 1. The summed E-state index contributed by atoms with van der Waals surface area (Å²) < 4.78 is 81.8. The van der Waals surface area contributed by atoms with E-state index >= 15 is 0 Å². The minimum Gasteiger partial charge on any atom is -0.406 e. The molecule has 8 nitrogen and oxygen atoms in total. The number of nitrogens with one attached hydrogen (secondary N) is 1. The molecule has 39 heavy (non-hydrogen) atoms. The minimum absolute atomic E-state index is 0.257. The van der Waals surface area contributed by atoms with Gasteiger partial charge in [-0.15, -0.1) is 13.2 Å². The predicted octanol–water partition coefficient (Wildman–Crippen LogP) is 5.16. The maximum atomic E-state index is 13.5. The first-order chi connectivity index (χ1) is 18.4. The lowest BCUT2D eigenvalue weighted by Crippen LogP contribution is -2.28. The van der Waals surface area contributed by atoms with Crippen LogP contribution in [-0.2, 0) is 9.84 Å². The van der Waals surface area contributed by atoms with Crippen LogP contribution in [0, 0.1) is 5.82 Å². The molecule has 0 unspecified atom stereocenters. The highest BCUT2D eigenvalue weighted by Gasteiger charge is 2.38. The lowest BCUT2D eigenvalue weighted by Gasteiger charge is -2.18. The monoisotopic (exact) mass is 560 g/mol. The number of benzene rings is 2. The Morgan fingerprint density at radius 3 is 2.36 bits per heavy atom. The van der Waals surface area contributed by atoms with Gasteiger partial charge in [-0.3, -0.25) is 9.78 Å². The highest BCUT2D eigenvalue weighted by Crippen LogP contribution is 2.36. The molecule has 13 heteroatoms. The highest BCUT2D eigenvalue weighted by atomic mass is 32.2. The molecule has 0 bridgehead atoms. The van der Waals surface area contributed by atoms with E-state index in [0.717, 1.165) is 24.4 Å². The number of nitrogens with zero attached hydrogens (tertiary/aromatic N) is 3. The summed E-state index contributed by atoms with van der Waals surface area (Å²) >= 11 is 0. The van der Waals surface area contributed by atoms with E-state index in [-0.39, 0.29) is 22.6 Å². The Morgan fingerprint density at radius 1 is 1.05 bits per heavy atom. The molecule has 0 spiro atoms. The lowest BCUT2D eigenvalue weighted by atomic mass is 10.1. The van der Waals surface area contributed by atoms with Crippen LogP contribution < -0.4 is 10.1 Å². The first-order valence-corrected chi connectivity index (χ1v) is 13.3. The number of sulfone groups is 1. The second kappa shape index (κ2) is 9.88. The number of ether oxygens (including phenoxy) is 1. The first kappa shape index (κ1) is 26.5. The summed E-state index contributed by atoms with van der Waals surface area (Å²) in [4.78, 5) is 26.0. The van der Waals surface area contributed by atoms with Gasteiger partial charge < -0.3 is 10.1 Å². The summed E-state index contributed by atoms with van der Waals surface area (Å²) in [5, 5.41) is 1.92. The fraction of sp³-hybridized carbons (Fsp3) is 0.231. The van der Waals surface area contributed by atoms with Crippen molar-refractivity contribution in [2.45, 2.75) is 42.3 Å². The molecule has 1 N–H and O–H groups in total. The molecule has 0 radical (unpaired) electrons. The third kappa shape index (κ3) is 5.82. The normalized spacial score (nSPS) is 14.7. The Balaban J connectivity index is 1.52. The zero-order chi connectivity index (χ0) is 27.9. The van der Waals surface area contributed by atoms with Gasteiger partial charge in [-0.05, 0) is 62.2 Å². The van der Waals surface area contributed by atoms with Gasteiger partial charge in [0.05, 0.1) is 44.8 Å². The SMILES string of the molecule is C[C@H](NC(=O)c1cc(OC(F)(F)F)cc(S(=O)(=O)C2CC2)c1)c1nc2ccccc2nc1-c1ccc(F)cn1. The number of para-hydroxylation sites is 2. The van der Waals surface area contributed by atoms with Crippen molar-refractivity contribution in [1.29, 1.82) is 0 Å². The van der Waals surface area contributed by atoms with Gasteiger partial charge in [-0.2, -0.15) is 0 Å². The van der Waals surface area contributed by atoms with Crippen LogP contribution in [0.4, 0.5) is 17.6 Å². The van der Waals surface area contributed by atoms with Crippen LogP contribution in [0.5, 0.6) is 5.75 Å². The van der Waals surface area contributed by atoms with Crippen molar-refractivity contribution in [3.63, 3.8) is 0 Å². The Labute approximate surface area is 220 Å². The average molecular weight is 561 g/mol. The average Bonchev–Trinajstić information content (AvgIpc) is 3.73. The number of aromatic nitrogens is 3. The van der Waals surface area contributed by atoms with Crippen molar-refractivity contribution >= 4 is 26.8 Å². The summed E-state index contributed by atoms with van der Waals surface area (Å²) in [6.07, 6.45) is -3.33. The fourth-order valence-electron chi connectivity index (χ4n) is 4.00. The Kier molecular flexibility index (Phi) is 6.70. The third-order valence-corrected chi connectivity index (χ3v) is 8.23. The largest absolute Gasteiger partial charge is 0.573 e. The minimum atomic E-state index is -5.10. The smallest absolute Gasteiger partial charge is 0.406 e. The van der Waals surface area contributed by atoms with E-state index in [2.05, 4.69) is 25.0 Å². The number of amides is 1. The van der Waals surface area contributed by atoms with Crippen LogP contribution >= 0.6 is 0 Å². The topological polar surface area (TPSA) is 111 Å². The van der Waals surface area contributed by atoms with E-state index in [1.54, 1.807) is 31.2 Å². The van der Waals surface area contributed by atoms with Gasteiger partial charge in [0.1, 0.15) is 17.3 Å². The van der Waals surface area contributed by atoms with Crippen molar-refractivity contribution < 1.29 is 35.5 Å². The molecular formula is C26H20F4N4O4S. The van der Waals surface area contributed by atoms with Crippen LogP contribution in [0.3, 0.4) is 0 Å². The molecule has 1 fully saturated rings. The van der Waals surface area contributed by atoms with Crippen molar-refractivity contribution in [1.82, 2.24) is 20.3 Å². The van der Waals surface area contributed by atoms with Gasteiger partial charge in [0.15, 0.2) is 9.84 Å². The molecule has 2 aromatic heterocycles. The number of carbonyl (C=O) groups is 1. The molecular weight excluding hydrogens is 540 g/mol. The number of hydrogen-bond donors (Lipinski definition) is 1. The van der Waals surface area contributed by atoms with E-state index < -0.39 is 49.9 Å². The summed E-state index contributed by atoms with van der Waals surface area (Å²) in [5.74, 6) is -2.26. The summed E-state index contributed by atoms with van der Waals surface area (Å²) in [6.45, 7) is 1.57. The van der Waals surface area contributed by atoms with Gasteiger partial charge >= 0.3 is 6.36 Å². The molecule has 202 valence electrons. The van der Waals surface area contributed by atoms with E-state index in [9.17, 15) is 30.8 Å². The van der Waals surface area contributed by atoms with Gasteiger partial charge in [-0.1, -0.05) is 12.1 Å². The maximum Gasteiger partial charge on any atom is 0.573 e. The Morgan fingerprint density at radius 2 is 1.74 bits per heavy atom. The van der Waals surface area contributed by atoms with Gasteiger partial charge in [0.25, 0.3) is 5.91 Å². The molecule has 2 heterocycles.